The van der Waals surface area contributed by atoms with Gasteiger partial charge in [0.1, 0.15) is 5.00 Å². The minimum atomic E-state index is -5.70. The third-order valence-electron chi connectivity index (χ3n) is 4.08. The summed E-state index contributed by atoms with van der Waals surface area (Å²) in [5, 5.41) is 4.03. The van der Waals surface area contributed by atoms with Crippen molar-refractivity contribution in [3.05, 3.63) is 45.3 Å². The smallest absolute Gasteiger partial charge is 0.458 e. The van der Waals surface area contributed by atoms with Crippen LogP contribution in [0.1, 0.15) is 32.5 Å². The van der Waals surface area contributed by atoms with Gasteiger partial charge < -0.3 is 20.1 Å². The van der Waals surface area contributed by atoms with Crippen molar-refractivity contribution in [2.75, 3.05) is 24.4 Å². The fourth-order valence-electron chi connectivity index (χ4n) is 2.54. The number of hydrogen-bond donors (Lipinski definition) is 2. The third-order valence-corrected chi connectivity index (χ3v) is 5.52. The van der Waals surface area contributed by atoms with Crippen molar-refractivity contribution in [1.82, 2.24) is 0 Å². The number of methoxy groups -OCH3 is 1. The first-order valence-electron chi connectivity index (χ1n) is 8.85. The molecule has 0 aliphatic heterocycles. The lowest BCUT2D eigenvalue weighted by Crippen LogP contribution is -2.52. The number of anilines is 2. The van der Waals surface area contributed by atoms with E-state index in [1.54, 1.807) is 17.4 Å². The second kappa shape index (κ2) is 9.84. The second-order valence-corrected chi connectivity index (χ2v) is 7.65. The molecule has 1 heterocycles. The highest BCUT2D eigenvalue weighted by atomic mass is 35.5. The van der Waals surface area contributed by atoms with Crippen LogP contribution in [0.2, 0.25) is 5.02 Å². The number of carbonyl (C=O) groups is 3. The van der Waals surface area contributed by atoms with Gasteiger partial charge in [-0.1, -0.05) is 17.7 Å². The van der Waals surface area contributed by atoms with Crippen LogP contribution in [0.3, 0.4) is 0 Å². The lowest BCUT2D eigenvalue weighted by Gasteiger charge is -2.24. The van der Waals surface area contributed by atoms with Gasteiger partial charge in [-0.05, 0) is 37.6 Å². The van der Waals surface area contributed by atoms with Crippen LogP contribution in [0, 0.1) is 6.92 Å². The standard InChI is InChI=1S/C19H17ClF4N2O5S/c1-4-31-16(28)12-9(2)13(14(27)25-11-7-5-6-10(20)8-11)32-15(12)26-17(29)18(21,30-3)19(22,23)24/h5-8H,4H2,1-3H3,(H,25,27)(H,26,29)/t18-/m0/s1. The molecular formula is C19H17ClF4N2O5S. The zero-order valence-electron chi connectivity index (χ0n) is 16.9. The van der Waals surface area contributed by atoms with Crippen molar-refractivity contribution in [1.29, 1.82) is 0 Å². The summed E-state index contributed by atoms with van der Waals surface area (Å²) < 4.78 is 61.8. The van der Waals surface area contributed by atoms with E-state index in [2.05, 4.69) is 10.1 Å². The molecule has 2 N–H and O–H groups in total. The quantitative estimate of drug-likeness (QED) is 0.418. The summed E-state index contributed by atoms with van der Waals surface area (Å²) in [7, 11) is 0.364. The molecule has 1 aromatic carbocycles. The number of nitrogens with one attached hydrogen (secondary N) is 2. The molecular weight excluding hydrogens is 480 g/mol. The third kappa shape index (κ3) is 5.19. The van der Waals surface area contributed by atoms with Crippen LogP contribution in [0.15, 0.2) is 24.3 Å². The molecule has 32 heavy (non-hydrogen) atoms. The van der Waals surface area contributed by atoms with Crippen molar-refractivity contribution in [2.45, 2.75) is 25.9 Å². The van der Waals surface area contributed by atoms with Crippen LogP contribution in [0.25, 0.3) is 0 Å². The van der Waals surface area contributed by atoms with Gasteiger partial charge in [0.15, 0.2) is 0 Å². The minimum Gasteiger partial charge on any atom is -0.462 e. The summed E-state index contributed by atoms with van der Waals surface area (Å²) in [6.45, 7) is 2.71. The minimum absolute atomic E-state index is 0.0113. The van der Waals surface area contributed by atoms with E-state index in [4.69, 9.17) is 16.3 Å². The largest absolute Gasteiger partial charge is 0.462 e. The number of carbonyl (C=O) groups excluding carboxylic acids is 3. The Hall–Kier alpha value is -2.70. The number of alkyl halides is 4. The van der Waals surface area contributed by atoms with E-state index < -0.39 is 34.8 Å². The van der Waals surface area contributed by atoms with Crippen molar-refractivity contribution in [3.8, 4) is 0 Å². The van der Waals surface area contributed by atoms with Crippen molar-refractivity contribution < 1.29 is 41.4 Å². The monoisotopic (exact) mass is 496 g/mol. The predicted molar refractivity (Wildman–Crippen MR) is 110 cm³/mol. The van der Waals surface area contributed by atoms with E-state index in [1.807, 2.05) is 0 Å². The lowest BCUT2D eigenvalue weighted by molar-refractivity contribution is -0.305. The summed E-state index contributed by atoms with van der Waals surface area (Å²) in [4.78, 5) is 37.0. The summed E-state index contributed by atoms with van der Waals surface area (Å²) in [6, 6.07) is 6.11. The van der Waals surface area contributed by atoms with Crippen molar-refractivity contribution in [3.63, 3.8) is 0 Å². The molecule has 0 aliphatic rings. The number of benzene rings is 1. The van der Waals surface area contributed by atoms with Crippen LogP contribution in [-0.4, -0.2) is 43.5 Å². The Labute approximate surface area is 188 Å². The van der Waals surface area contributed by atoms with Gasteiger partial charge in [0.05, 0.1) is 17.0 Å². The first-order valence-corrected chi connectivity index (χ1v) is 10.0. The molecule has 0 saturated heterocycles. The summed E-state index contributed by atoms with van der Waals surface area (Å²) in [5.74, 6) is -8.66. The number of thiophene rings is 1. The van der Waals surface area contributed by atoms with Crippen LogP contribution in [0.5, 0.6) is 0 Å². The van der Waals surface area contributed by atoms with Gasteiger partial charge >= 0.3 is 23.9 Å². The molecule has 2 rings (SSSR count). The Morgan fingerprint density at radius 2 is 1.81 bits per heavy atom. The van der Waals surface area contributed by atoms with Crippen LogP contribution >= 0.6 is 22.9 Å². The number of rotatable bonds is 7. The molecule has 2 aromatic rings. The highest BCUT2D eigenvalue weighted by Gasteiger charge is 2.63. The first kappa shape index (κ1) is 25.6. The fourth-order valence-corrected chi connectivity index (χ4v) is 3.82. The molecule has 174 valence electrons. The maximum atomic E-state index is 14.2. The van der Waals surface area contributed by atoms with E-state index in [0.717, 1.165) is 0 Å². The zero-order chi connectivity index (χ0) is 24.3. The van der Waals surface area contributed by atoms with E-state index in [0.29, 0.717) is 29.2 Å². The topological polar surface area (TPSA) is 93.7 Å². The van der Waals surface area contributed by atoms with Crippen molar-refractivity contribution >= 4 is 51.4 Å². The Morgan fingerprint density at radius 1 is 1.16 bits per heavy atom. The second-order valence-electron chi connectivity index (χ2n) is 6.20. The Kier molecular flexibility index (Phi) is 7.86. The SMILES string of the molecule is CCOC(=O)c1c(NC(=O)[C@](F)(OC)C(F)(F)F)sc(C(=O)Nc2cccc(Cl)c2)c1C. The van der Waals surface area contributed by atoms with Gasteiger partial charge in [0, 0.05) is 17.8 Å². The summed E-state index contributed by atoms with van der Waals surface area (Å²) in [6.07, 6.45) is -5.70. The molecule has 0 fully saturated rings. The average molecular weight is 497 g/mol. The van der Waals surface area contributed by atoms with Crippen LogP contribution in [-0.2, 0) is 14.3 Å². The Balaban J connectivity index is 2.47. The molecule has 0 saturated carbocycles. The summed E-state index contributed by atoms with van der Waals surface area (Å²) in [5.41, 5.74) is -0.0722. The maximum absolute atomic E-state index is 14.2. The summed E-state index contributed by atoms with van der Waals surface area (Å²) >= 11 is 6.34. The van der Waals surface area contributed by atoms with E-state index in [9.17, 15) is 31.9 Å². The molecule has 1 atom stereocenters. The van der Waals surface area contributed by atoms with Crippen molar-refractivity contribution in [2.24, 2.45) is 0 Å². The molecule has 0 radical (unpaired) electrons. The molecule has 2 amide bonds. The first-order chi connectivity index (χ1) is 14.9. The fraction of sp³-hybridized carbons (Fsp3) is 0.316. The molecule has 1 aromatic heterocycles. The van der Waals surface area contributed by atoms with Gasteiger partial charge in [-0.25, -0.2) is 4.79 Å². The van der Waals surface area contributed by atoms with Crippen LogP contribution in [0.4, 0.5) is 28.3 Å². The Bertz CT molecular complexity index is 1040. The van der Waals surface area contributed by atoms with Gasteiger partial charge in [-0.2, -0.15) is 17.6 Å². The van der Waals surface area contributed by atoms with Gasteiger partial charge in [-0.15, -0.1) is 11.3 Å². The maximum Gasteiger partial charge on any atom is 0.458 e. The molecule has 13 heteroatoms. The average Bonchev–Trinajstić information content (AvgIpc) is 3.02. The molecule has 0 bridgehead atoms. The Morgan fingerprint density at radius 3 is 2.34 bits per heavy atom. The lowest BCUT2D eigenvalue weighted by atomic mass is 10.1. The molecule has 0 aliphatic carbocycles. The number of halogens is 5. The number of ether oxygens (including phenoxy) is 2. The van der Waals surface area contributed by atoms with Gasteiger partial charge in [-0.3, -0.25) is 9.59 Å². The van der Waals surface area contributed by atoms with E-state index in [-0.39, 0.29) is 22.6 Å². The molecule has 0 unspecified atom stereocenters. The highest BCUT2D eigenvalue weighted by Crippen LogP contribution is 2.39. The van der Waals surface area contributed by atoms with E-state index in [1.165, 1.54) is 26.0 Å². The van der Waals surface area contributed by atoms with Crippen LogP contribution < -0.4 is 10.6 Å². The van der Waals surface area contributed by atoms with Gasteiger partial charge in [0.25, 0.3) is 5.91 Å². The number of esters is 1. The normalized spacial score (nSPS) is 13.2. The highest BCUT2D eigenvalue weighted by molar-refractivity contribution is 7.19. The molecule has 0 spiro atoms. The van der Waals surface area contributed by atoms with E-state index >= 15 is 0 Å². The zero-order valence-corrected chi connectivity index (χ0v) is 18.4. The predicted octanol–water partition coefficient (Wildman–Crippen LogP) is 4.95. The molecule has 7 nitrogen and oxygen atoms in total. The van der Waals surface area contributed by atoms with Gasteiger partial charge in [0.2, 0.25) is 0 Å². The number of amides is 2. The number of hydrogen-bond acceptors (Lipinski definition) is 6.